The molecule has 1 fully saturated rings. The minimum absolute atomic E-state index is 0.617. The van der Waals surface area contributed by atoms with E-state index in [1.807, 2.05) is 0 Å². The van der Waals surface area contributed by atoms with Crippen LogP contribution in [0, 0.1) is 0 Å². The second-order valence-electron chi connectivity index (χ2n) is 5.77. The van der Waals surface area contributed by atoms with Crippen LogP contribution in [0.1, 0.15) is 42.7 Å². The molecule has 2 aromatic rings. The van der Waals surface area contributed by atoms with Crippen molar-refractivity contribution in [1.82, 2.24) is 5.32 Å². The average Bonchev–Trinajstić information content (AvgIpc) is 2.55. The van der Waals surface area contributed by atoms with Gasteiger partial charge in [-0.05, 0) is 29.9 Å². The summed E-state index contributed by atoms with van der Waals surface area (Å²) in [7, 11) is 0. The molecule has 2 atom stereocenters. The van der Waals surface area contributed by atoms with E-state index >= 15 is 0 Å². The van der Waals surface area contributed by atoms with Crippen molar-refractivity contribution in [2.45, 2.75) is 44.2 Å². The van der Waals surface area contributed by atoms with Gasteiger partial charge in [0.1, 0.15) is 0 Å². The van der Waals surface area contributed by atoms with Crippen LogP contribution in [0.4, 0.5) is 0 Å². The molecule has 0 aliphatic heterocycles. The molecule has 104 valence electrons. The maximum atomic E-state index is 3.79. The lowest BCUT2D eigenvalue weighted by Gasteiger charge is -2.33. The molecule has 1 aliphatic carbocycles. The van der Waals surface area contributed by atoms with Crippen LogP contribution in [-0.2, 0) is 6.54 Å². The van der Waals surface area contributed by atoms with Gasteiger partial charge in [-0.2, -0.15) is 0 Å². The zero-order chi connectivity index (χ0) is 13.6. The van der Waals surface area contributed by atoms with E-state index < -0.39 is 0 Å². The molecule has 1 aliphatic rings. The molecule has 0 amide bonds. The topological polar surface area (TPSA) is 12.0 Å². The summed E-state index contributed by atoms with van der Waals surface area (Å²) in [5, 5.41) is 3.79. The molecule has 1 N–H and O–H groups in total. The van der Waals surface area contributed by atoms with Crippen molar-refractivity contribution < 1.29 is 0 Å². The first-order chi connectivity index (χ1) is 9.93. The van der Waals surface area contributed by atoms with Crippen LogP contribution in [0.2, 0.25) is 0 Å². The molecule has 0 heterocycles. The van der Waals surface area contributed by atoms with E-state index in [4.69, 9.17) is 0 Å². The van der Waals surface area contributed by atoms with Crippen molar-refractivity contribution in [3.05, 3.63) is 71.8 Å². The number of benzene rings is 2. The van der Waals surface area contributed by atoms with Crippen molar-refractivity contribution in [3.63, 3.8) is 0 Å². The van der Waals surface area contributed by atoms with Gasteiger partial charge in [0.05, 0.1) is 0 Å². The number of rotatable bonds is 4. The lowest BCUT2D eigenvalue weighted by atomic mass is 9.80. The van der Waals surface area contributed by atoms with Crippen molar-refractivity contribution in [1.29, 1.82) is 0 Å². The van der Waals surface area contributed by atoms with Gasteiger partial charge in [-0.15, -0.1) is 0 Å². The Balaban J connectivity index is 1.67. The number of hydrogen-bond donors (Lipinski definition) is 1. The van der Waals surface area contributed by atoms with Gasteiger partial charge >= 0.3 is 0 Å². The Morgan fingerprint density at radius 1 is 0.800 bits per heavy atom. The summed E-state index contributed by atoms with van der Waals surface area (Å²) in [6.07, 6.45) is 5.34. The predicted octanol–water partition coefficient (Wildman–Crippen LogP) is 4.50. The second kappa shape index (κ2) is 6.71. The van der Waals surface area contributed by atoms with Gasteiger partial charge < -0.3 is 5.32 Å². The highest BCUT2D eigenvalue weighted by molar-refractivity contribution is 5.22. The summed E-state index contributed by atoms with van der Waals surface area (Å²) >= 11 is 0. The van der Waals surface area contributed by atoms with Crippen molar-refractivity contribution >= 4 is 0 Å². The zero-order valence-electron chi connectivity index (χ0n) is 12.0. The minimum Gasteiger partial charge on any atom is -0.309 e. The Hall–Kier alpha value is -1.60. The summed E-state index contributed by atoms with van der Waals surface area (Å²) in [6.45, 7) is 0.981. The zero-order valence-corrected chi connectivity index (χ0v) is 12.0. The molecule has 1 nitrogen and oxygen atoms in total. The number of hydrogen-bond acceptors (Lipinski definition) is 1. The van der Waals surface area contributed by atoms with Crippen molar-refractivity contribution in [2.75, 3.05) is 0 Å². The minimum atomic E-state index is 0.617. The van der Waals surface area contributed by atoms with Crippen LogP contribution in [0.5, 0.6) is 0 Å². The first-order valence-corrected chi connectivity index (χ1v) is 7.76. The molecule has 1 heteroatoms. The molecule has 1 saturated carbocycles. The van der Waals surface area contributed by atoms with Crippen LogP contribution in [0.3, 0.4) is 0 Å². The molecule has 0 bridgehead atoms. The van der Waals surface area contributed by atoms with E-state index in [0.29, 0.717) is 12.0 Å². The van der Waals surface area contributed by atoms with Crippen LogP contribution in [-0.4, -0.2) is 6.04 Å². The van der Waals surface area contributed by atoms with Gasteiger partial charge in [-0.3, -0.25) is 0 Å². The highest BCUT2D eigenvalue weighted by Gasteiger charge is 2.25. The Morgan fingerprint density at radius 3 is 2.20 bits per heavy atom. The van der Waals surface area contributed by atoms with E-state index in [1.54, 1.807) is 0 Å². The molecule has 0 aromatic heterocycles. The molecule has 2 aromatic carbocycles. The molecule has 20 heavy (non-hydrogen) atoms. The van der Waals surface area contributed by atoms with Gasteiger partial charge in [-0.25, -0.2) is 0 Å². The van der Waals surface area contributed by atoms with Crippen LogP contribution < -0.4 is 5.32 Å². The van der Waals surface area contributed by atoms with Gasteiger partial charge in [0.15, 0.2) is 0 Å². The third-order valence-corrected chi connectivity index (χ3v) is 4.40. The summed E-state index contributed by atoms with van der Waals surface area (Å²) in [4.78, 5) is 0. The standard InChI is InChI=1S/C19H23N/c1-3-9-16(10-4-1)15-20-19-14-8-7-13-18(19)17-11-5-2-6-12-17/h1-6,9-12,18-20H,7-8,13-15H2. The van der Waals surface area contributed by atoms with E-state index in [-0.39, 0.29) is 0 Å². The summed E-state index contributed by atoms with van der Waals surface area (Å²) < 4.78 is 0. The maximum absolute atomic E-state index is 3.79. The van der Waals surface area contributed by atoms with Crippen LogP contribution in [0.15, 0.2) is 60.7 Å². The third kappa shape index (κ3) is 3.29. The second-order valence-corrected chi connectivity index (χ2v) is 5.77. The van der Waals surface area contributed by atoms with Gasteiger partial charge in [-0.1, -0.05) is 73.5 Å². The van der Waals surface area contributed by atoms with Gasteiger partial charge in [0.25, 0.3) is 0 Å². The predicted molar refractivity (Wildman–Crippen MR) is 84.7 cm³/mol. The molecule has 0 radical (unpaired) electrons. The fourth-order valence-corrected chi connectivity index (χ4v) is 3.32. The highest BCUT2D eigenvalue weighted by atomic mass is 14.9. The van der Waals surface area contributed by atoms with E-state index in [9.17, 15) is 0 Å². The Labute approximate surface area is 122 Å². The largest absolute Gasteiger partial charge is 0.309 e. The fourth-order valence-electron chi connectivity index (χ4n) is 3.32. The Morgan fingerprint density at radius 2 is 1.45 bits per heavy atom. The Kier molecular flexibility index (Phi) is 4.49. The first kappa shape index (κ1) is 13.4. The normalized spacial score (nSPS) is 22.6. The fraction of sp³-hybridized carbons (Fsp3) is 0.368. The molecule has 0 saturated heterocycles. The maximum Gasteiger partial charge on any atom is 0.0208 e. The molecular weight excluding hydrogens is 242 g/mol. The molecular formula is C19H23N. The van der Waals surface area contributed by atoms with Crippen molar-refractivity contribution in [2.24, 2.45) is 0 Å². The SMILES string of the molecule is c1ccc(CNC2CCCCC2c2ccccc2)cc1. The molecule has 2 unspecified atom stereocenters. The highest BCUT2D eigenvalue weighted by Crippen LogP contribution is 2.33. The summed E-state index contributed by atoms with van der Waals surface area (Å²) in [5.41, 5.74) is 2.88. The van der Waals surface area contributed by atoms with E-state index in [2.05, 4.69) is 66.0 Å². The summed E-state index contributed by atoms with van der Waals surface area (Å²) in [5.74, 6) is 0.675. The monoisotopic (exact) mass is 265 g/mol. The lowest BCUT2D eigenvalue weighted by molar-refractivity contribution is 0.326. The lowest BCUT2D eigenvalue weighted by Crippen LogP contribution is -2.36. The smallest absolute Gasteiger partial charge is 0.0208 e. The van der Waals surface area contributed by atoms with E-state index in [0.717, 1.165) is 6.54 Å². The molecule has 3 rings (SSSR count). The third-order valence-electron chi connectivity index (χ3n) is 4.40. The summed E-state index contributed by atoms with van der Waals surface area (Å²) in [6, 6.07) is 22.3. The van der Waals surface area contributed by atoms with Crippen LogP contribution in [0.25, 0.3) is 0 Å². The van der Waals surface area contributed by atoms with Gasteiger partial charge in [0.2, 0.25) is 0 Å². The number of nitrogens with one attached hydrogen (secondary N) is 1. The van der Waals surface area contributed by atoms with Crippen molar-refractivity contribution in [3.8, 4) is 0 Å². The Bertz CT molecular complexity index is 506. The molecule has 0 spiro atoms. The first-order valence-electron chi connectivity index (χ1n) is 7.76. The van der Waals surface area contributed by atoms with Gasteiger partial charge in [0, 0.05) is 12.6 Å². The van der Waals surface area contributed by atoms with Crippen LogP contribution >= 0.6 is 0 Å². The van der Waals surface area contributed by atoms with E-state index in [1.165, 1.54) is 36.8 Å². The quantitative estimate of drug-likeness (QED) is 0.858. The average molecular weight is 265 g/mol.